The van der Waals surface area contributed by atoms with Gasteiger partial charge < -0.3 is 9.88 Å². The van der Waals surface area contributed by atoms with Crippen LogP contribution in [-0.2, 0) is 0 Å². The van der Waals surface area contributed by atoms with Crippen LogP contribution in [0.2, 0.25) is 0 Å². The molecular formula is C16H20N2. The largest absolute Gasteiger partial charge is 0.361 e. The summed E-state index contributed by atoms with van der Waals surface area (Å²) in [5, 5.41) is 1.44. The van der Waals surface area contributed by atoms with Gasteiger partial charge in [0, 0.05) is 29.6 Å². The van der Waals surface area contributed by atoms with Gasteiger partial charge in [0.25, 0.3) is 0 Å². The summed E-state index contributed by atoms with van der Waals surface area (Å²) in [5.41, 5.74) is 4.20. The fourth-order valence-corrected chi connectivity index (χ4v) is 3.89. The molecule has 0 amide bonds. The van der Waals surface area contributed by atoms with Gasteiger partial charge in [-0.05, 0) is 56.0 Å². The molecule has 1 aromatic heterocycles. The molecule has 1 unspecified atom stereocenters. The lowest BCUT2D eigenvalue weighted by molar-refractivity contribution is 0.0876. The summed E-state index contributed by atoms with van der Waals surface area (Å²) in [4.78, 5) is 6.10. The number of aromatic amines is 1. The summed E-state index contributed by atoms with van der Waals surface area (Å²) in [5.74, 6) is 1.67. The molecule has 0 aliphatic carbocycles. The highest BCUT2D eigenvalue weighted by molar-refractivity contribution is 5.84. The summed E-state index contributed by atoms with van der Waals surface area (Å²) in [6, 6.07) is 6.80. The van der Waals surface area contributed by atoms with Gasteiger partial charge in [-0.1, -0.05) is 12.1 Å². The van der Waals surface area contributed by atoms with Crippen LogP contribution in [0.4, 0.5) is 0 Å². The van der Waals surface area contributed by atoms with Crippen LogP contribution < -0.4 is 0 Å². The molecule has 18 heavy (non-hydrogen) atoms. The average molecular weight is 240 g/mol. The fourth-order valence-electron chi connectivity index (χ4n) is 3.89. The van der Waals surface area contributed by atoms with Gasteiger partial charge in [-0.25, -0.2) is 0 Å². The van der Waals surface area contributed by atoms with Gasteiger partial charge in [0.15, 0.2) is 0 Å². The lowest BCUT2D eigenvalue weighted by Gasteiger charge is -2.44. The second kappa shape index (κ2) is 3.86. The van der Waals surface area contributed by atoms with Crippen LogP contribution in [0.15, 0.2) is 24.4 Å². The second-order valence-electron chi connectivity index (χ2n) is 6.04. The Morgan fingerprint density at radius 2 is 2.06 bits per heavy atom. The van der Waals surface area contributed by atoms with Crippen LogP contribution >= 0.6 is 0 Å². The first-order valence-corrected chi connectivity index (χ1v) is 7.11. The van der Waals surface area contributed by atoms with Crippen molar-refractivity contribution < 1.29 is 0 Å². The first kappa shape index (κ1) is 10.6. The molecule has 0 saturated carbocycles. The van der Waals surface area contributed by atoms with E-state index in [-0.39, 0.29) is 0 Å². The van der Waals surface area contributed by atoms with Crippen molar-refractivity contribution >= 4 is 10.9 Å². The maximum absolute atomic E-state index is 3.47. The van der Waals surface area contributed by atoms with Crippen LogP contribution in [0.1, 0.15) is 29.9 Å². The Balaban J connectivity index is 1.78. The summed E-state index contributed by atoms with van der Waals surface area (Å²) < 4.78 is 0. The molecule has 94 valence electrons. The molecular weight excluding hydrogens is 220 g/mol. The van der Waals surface area contributed by atoms with E-state index in [0.29, 0.717) is 0 Å². The zero-order chi connectivity index (χ0) is 12.1. The topological polar surface area (TPSA) is 19.0 Å². The van der Waals surface area contributed by atoms with Gasteiger partial charge >= 0.3 is 0 Å². The molecule has 1 aromatic carbocycles. The number of H-pyrrole nitrogens is 1. The van der Waals surface area contributed by atoms with Crippen molar-refractivity contribution in [2.75, 3.05) is 19.6 Å². The Morgan fingerprint density at radius 3 is 2.78 bits per heavy atom. The van der Waals surface area contributed by atoms with Gasteiger partial charge in [0.05, 0.1) is 0 Å². The lowest BCUT2D eigenvalue weighted by atomic mass is 9.75. The molecule has 3 aliphatic rings. The molecule has 1 atom stereocenters. The molecule has 2 heteroatoms. The fraction of sp³-hybridized carbons (Fsp3) is 0.500. The van der Waals surface area contributed by atoms with Crippen molar-refractivity contribution in [1.29, 1.82) is 0 Å². The molecule has 2 nitrogen and oxygen atoms in total. The minimum absolute atomic E-state index is 0.754. The normalized spacial score (nSPS) is 31.1. The van der Waals surface area contributed by atoms with E-state index in [9.17, 15) is 0 Å². The van der Waals surface area contributed by atoms with E-state index in [1.54, 1.807) is 5.56 Å². The first-order chi connectivity index (χ1) is 8.81. The van der Waals surface area contributed by atoms with Gasteiger partial charge in [0.1, 0.15) is 0 Å². The number of nitrogens with one attached hydrogen (secondary N) is 1. The molecule has 0 radical (unpaired) electrons. The lowest BCUT2D eigenvalue weighted by Crippen LogP contribution is -2.46. The van der Waals surface area contributed by atoms with Crippen molar-refractivity contribution in [2.45, 2.75) is 25.7 Å². The minimum atomic E-state index is 0.754. The monoisotopic (exact) mass is 240 g/mol. The number of hydrogen-bond acceptors (Lipinski definition) is 1. The standard InChI is InChI=1S/C16H20N2/c1-11-2-3-13-14(9-17-16(13)8-11)15-10-18-6-4-12(15)5-7-18/h2-3,8-9,12,15,17H,4-7,10H2,1H3. The molecule has 3 fully saturated rings. The maximum Gasteiger partial charge on any atom is 0.0459 e. The van der Waals surface area contributed by atoms with E-state index >= 15 is 0 Å². The molecule has 2 aromatic rings. The van der Waals surface area contributed by atoms with Crippen LogP contribution in [0.5, 0.6) is 0 Å². The predicted molar refractivity (Wildman–Crippen MR) is 74.9 cm³/mol. The highest BCUT2D eigenvalue weighted by Crippen LogP contribution is 2.41. The highest BCUT2D eigenvalue weighted by atomic mass is 15.1. The maximum atomic E-state index is 3.47. The third-order valence-electron chi connectivity index (χ3n) is 4.92. The van der Waals surface area contributed by atoms with E-state index in [1.165, 1.54) is 48.9 Å². The summed E-state index contributed by atoms with van der Waals surface area (Å²) in [6.07, 6.45) is 5.04. The molecule has 3 saturated heterocycles. The highest BCUT2D eigenvalue weighted by Gasteiger charge is 2.35. The van der Waals surface area contributed by atoms with E-state index in [4.69, 9.17) is 0 Å². The molecule has 4 heterocycles. The quantitative estimate of drug-likeness (QED) is 0.810. The Morgan fingerprint density at radius 1 is 1.22 bits per heavy atom. The number of rotatable bonds is 1. The molecule has 5 rings (SSSR count). The summed E-state index contributed by atoms with van der Waals surface area (Å²) in [6.45, 7) is 6.07. The third kappa shape index (κ3) is 1.52. The van der Waals surface area contributed by atoms with Gasteiger partial charge in [-0.3, -0.25) is 0 Å². The molecule has 1 N–H and O–H groups in total. The Hall–Kier alpha value is -1.28. The number of nitrogens with zero attached hydrogens (tertiary/aromatic N) is 1. The van der Waals surface area contributed by atoms with Gasteiger partial charge in [-0.2, -0.15) is 0 Å². The van der Waals surface area contributed by atoms with Crippen LogP contribution in [0, 0.1) is 12.8 Å². The smallest absolute Gasteiger partial charge is 0.0459 e. The summed E-state index contributed by atoms with van der Waals surface area (Å²) >= 11 is 0. The number of piperidine rings is 3. The number of aryl methyl sites for hydroxylation is 1. The molecule has 2 bridgehead atoms. The number of benzene rings is 1. The van der Waals surface area contributed by atoms with Crippen molar-refractivity contribution in [3.8, 4) is 0 Å². The summed E-state index contributed by atoms with van der Waals surface area (Å²) in [7, 11) is 0. The van der Waals surface area contributed by atoms with Gasteiger partial charge in [0.2, 0.25) is 0 Å². The van der Waals surface area contributed by atoms with E-state index in [2.05, 4.69) is 41.2 Å². The van der Waals surface area contributed by atoms with Crippen LogP contribution in [0.3, 0.4) is 0 Å². The average Bonchev–Trinajstić information content (AvgIpc) is 2.82. The van der Waals surface area contributed by atoms with E-state index in [0.717, 1.165) is 11.8 Å². The molecule has 0 spiro atoms. The van der Waals surface area contributed by atoms with E-state index < -0.39 is 0 Å². The Labute approximate surface area is 108 Å². The van der Waals surface area contributed by atoms with Crippen molar-refractivity contribution in [3.05, 3.63) is 35.5 Å². The number of aromatic nitrogens is 1. The molecule has 3 aliphatic heterocycles. The van der Waals surface area contributed by atoms with Crippen LogP contribution in [0.25, 0.3) is 10.9 Å². The Kier molecular flexibility index (Phi) is 2.28. The third-order valence-corrected chi connectivity index (χ3v) is 4.92. The van der Waals surface area contributed by atoms with Crippen LogP contribution in [-0.4, -0.2) is 29.5 Å². The second-order valence-corrected chi connectivity index (χ2v) is 6.04. The predicted octanol–water partition coefficient (Wildman–Crippen LogP) is 3.29. The van der Waals surface area contributed by atoms with Crippen molar-refractivity contribution in [3.63, 3.8) is 0 Å². The SMILES string of the molecule is Cc1ccc2c(C3CN4CCC3CC4)c[nH]c2c1. The number of hydrogen-bond donors (Lipinski definition) is 1. The first-order valence-electron chi connectivity index (χ1n) is 7.11. The zero-order valence-electron chi connectivity index (χ0n) is 10.9. The minimum Gasteiger partial charge on any atom is -0.361 e. The van der Waals surface area contributed by atoms with Crippen molar-refractivity contribution in [1.82, 2.24) is 9.88 Å². The Bertz CT molecular complexity index is 576. The van der Waals surface area contributed by atoms with E-state index in [1.807, 2.05) is 0 Å². The number of fused-ring (bicyclic) bond motifs is 4. The van der Waals surface area contributed by atoms with Gasteiger partial charge in [-0.15, -0.1) is 0 Å². The van der Waals surface area contributed by atoms with Crippen molar-refractivity contribution in [2.24, 2.45) is 5.92 Å². The zero-order valence-corrected chi connectivity index (χ0v) is 10.9.